The average molecular weight is 287 g/mol. The molecule has 0 atom stereocenters. The lowest BCUT2D eigenvalue weighted by atomic mass is 10.0. The Kier molecular flexibility index (Phi) is 4.65. The van der Waals surface area contributed by atoms with Crippen LogP contribution in [0.3, 0.4) is 0 Å². The zero-order chi connectivity index (χ0) is 15.2. The molecule has 3 rings (SSSR count). The standard InChI is InChI=1S/C21H21N/c1-2-3-10-17-15-20(18-11-6-4-7-12-18)22-21(16-17)19-13-8-5-9-14-19/h4-9,11-16H,2-3,10H2,1H3. The van der Waals surface area contributed by atoms with Crippen molar-refractivity contribution in [2.75, 3.05) is 0 Å². The van der Waals surface area contributed by atoms with E-state index in [1.54, 1.807) is 0 Å². The fourth-order valence-electron chi connectivity index (χ4n) is 2.63. The molecular weight excluding hydrogens is 266 g/mol. The van der Waals surface area contributed by atoms with Crippen LogP contribution in [-0.4, -0.2) is 4.98 Å². The van der Waals surface area contributed by atoms with E-state index in [9.17, 15) is 0 Å². The number of hydrogen-bond donors (Lipinski definition) is 0. The number of benzene rings is 2. The van der Waals surface area contributed by atoms with Gasteiger partial charge in [0.05, 0.1) is 11.4 Å². The summed E-state index contributed by atoms with van der Waals surface area (Å²) in [6.45, 7) is 2.23. The van der Waals surface area contributed by atoms with Crippen molar-refractivity contribution in [2.45, 2.75) is 26.2 Å². The molecule has 0 aliphatic rings. The molecule has 0 saturated carbocycles. The van der Waals surface area contributed by atoms with Gasteiger partial charge in [-0.2, -0.15) is 0 Å². The van der Waals surface area contributed by atoms with Crippen LogP contribution >= 0.6 is 0 Å². The SMILES string of the molecule is CCCCc1cc(-c2ccccc2)nc(-c2ccccc2)c1. The molecule has 1 aromatic heterocycles. The Labute approximate surface area is 132 Å². The van der Waals surface area contributed by atoms with E-state index in [1.807, 2.05) is 12.1 Å². The Morgan fingerprint density at radius 1 is 0.727 bits per heavy atom. The van der Waals surface area contributed by atoms with Gasteiger partial charge in [0.25, 0.3) is 0 Å². The molecular formula is C21H21N. The van der Waals surface area contributed by atoms with Crippen LogP contribution in [0.5, 0.6) is 0 Å². The van der Waals surface area contributed by atoms with Crippen LogP contribution in [-0.2, 0) is 6.42 Å². The monoisotopic (exact) mass is 287 g/mol. The summed E-state index contributed by atoms with van der Waals surface area (Å²) < 4.78 is 0. The number of pyridine rings is 1. The molecule has 0 unspecified atom stereocenters. The first-order valence-electron chi connectivity index (χ1n) is 7.98. The molecule has 0 radical (unpaired) electrons. The summed E-state index contributed by atoms with van der Waals surface area (Å²) in [6.07, 6.45) is 3.54. The minimum atomic E-state index is 1.06. The van der Waals surface area contributed by atoms with Crippen molar-refractivity contribution in [3.05, 3.63) is 78.4 Å². The van der Waals surface area contributed by atoms with E-state index >= 15 is 0 Å². The van der Waals surface area contributed by atoms with E-state index in [2.05, 4.69) is 67.6 Å². The van der Waals surface area contributed by atoms with Gasteiger partial charge in [-0.05, 0) is 30.5 Å². The number of hydrogen-bond acceptors (Lipinski definition) is 1. The maximum atomic E-state index is 4.88. The molecule has 22 heavy (non-hydrogen) atoms. The predicted octanol–water partition coefficient (Wildman–Crippen LogP) is 5.76. The fourth-order valence-corrected chi connectivity index (χ4v) is 2.63. The normalized spacial score (nSPS) is 10.6. The summed E-state index contributed by atoms with van der Waals surface area (Å²) >= 11 is 0. The van der Waals surface area contributed by atoms with Crippen molar-refractivity contribution in [1.82, 2.24) is 4.98 Å². The van der Waals surface area contributed by atoms with Gasteiger partial charge in [0.15, 0.2) is 0 Å². The molecule has 1 heterocycles. The first-order valence-corrected chi connectivity index (χ1v) is 7.98. The highest BCUT2D eigenvalue weighted by molar-refractivity contribution is 5.67. The van der Waals surface area contributed by atoms with Crippen molar-refractivity contribution in [2.24, 2.45) is 0 Å². The maximum absolute atomic E-state index is 4.88. The lowest BCUT2D eigenvalue weighted by molar-refractivity contribution is 0.794. The summed E-state index contributed by atoms with van der Waals surface area (Å²) in [5.74, 6) is 0. The van der Waals surface area contributed by atoms with Crippen molar-refractivity contribution in [1.29, 1.82) is 0 Å². The molecule has 110 valence electrons. The lowest BCUT2D eigenvalue weighted by Gasteiger charge is -2.09. The fraction of sp³-hybridized carbons (Fsp3) is 0.190. The van der Waals surface area contributed by atoms with Crippen LogP contribution in [0.4, 0.5) is 0 Å². The summed E-state index contributed by atoms with van der Waals surface area (Å²) in [7, 11) is 0. The van der Waals surface area contributed by atoms with Crippen LogP contribution in [0.25, 0.3) is 22.5 Å². The van der Waals surface area contributed by atoms with Crippen molar-refractivity contribution < 1.29 is 0 Å². The van der Waals surface area contributed by atoms with E-state index in [-0.39, 0.29) is 0 Å². The van der Waals surface area contributed by atoms with Gasteiger partial charge in [0, 0.05) is 11.1 Å². The smallest absolute Gasteiger partial charge is 0.0712 e. The van der Waals surface area contributed by atoms with Gasteiger partial charge in [0.1, 0.15) is 0 Å². The first-order chi connectivity index (χ1) is 10.9. The van der Waals surface area contributed by atoms with Gasteiger partial charge >= 0.3 is 0 Å². The van der Waals surface area contributed by atoms with Crippen molar-refractivity contribution >= 4 is 0 Å². The van der Waals surface area contributed by atoms with Gasteiger partial charge in [-0.3, -0.25) is 0 Å². The Morgan fingerprint density at radius 3 is 1.68 bits per heavy atom. The quantitative estimate of drug-likeness (QED) is 0.581. The summed E-state index contributed by atoms with van der Waals surface area (Å²) in [4.78, 5) is 4.88. The highest BCUT2D eigenvalue weighted by Crippen LogP contribution is 2.25. The molecule has 0 amide bonds. The van der Waals surface area contributed by atoms with Crippen LogP contribution in [0.15, 0.2) is 72.8 Å². The third-order valence-electron chi connectivity index (χ3n) is 3.84. The molecule has 0 saturated heterocycles. The number of rotatable bonds is 5. The Bertz CT molecular complexity index is 660. The molecule has 1 heteroatoms. The lowest BCUT2D eigenvalue weighted by Crippen LogP contribution is -1.93. The topological polar surface area (TPSA) is 12.9 Å². The minimum Gasteiger partial charge on any atom is -0.248 e. The average Bonchev–Trinajstić information content (AvgIpc) is 2.61. The molecule has 0 fully saturated rings. The first kappa shape index (κ1) is 14.5. The van der Waals surface area contributed by atoms with E-state index in [1.165, 1.54) is 29.5 Å². The van der Waals surface area contributed by atoms with Crippen molar-refractivity contribution in [3.8, 4) is 22.5 Å². The maximum Gasteiger partial charge on any atom is 0.0712 e. The zero-order valence-electron chi connectivity index (χ0n) is 13.0. The highest BCUT2D eigenvalue weighted by Gasteiger charge is 2.06. The number of aromatic nitrogens is 1. The number of nitrogens with zero attached hydrogens (tertiary/aromatic N) is 1. The third kappa shape index (κ3) is 3.43. The second-order valence-electron chi connectivity index (χ2n) is 5.58. The van der Waals surface area contributed by atoms with Crippen LogP contribution in [0.1, 0.15) is 25.3 Å². The minimum absolute atomic E-state index is 1.06. The van der Waals surface area contributed by atoms with Gasteiger partial charge < -0.3 is 0 Å². The Balaban J connectivity index is 2.06. The Hall–Kier alpha value is -2.41. The highest BCUT2D eigenvalue weighted by atomic mass is 14.7. The second-order valence-corrected chi connectivity index (χ2v) is 5.58. The van der Waals surface area contributed by atoms with Crippen molar-refractivity contribution in [3.63, 3.8) is 0 Å². The summed E-state index contributed by atoms with van der Waals surface area (Å²) in [5.41, 5.74) is 5.85. The van der Waals surface area contributed by atoms with Gasteiger partial charge in [-0.1, -0.05) is 74.0 Å². The summed E-state index contributed by atoms with van der Waals surface area (Å²) in [6, 6.07) is 25.3. The largest absolute Gasteiger partial charge is 0.248 e. The van der Waals surface area contributed by atoms with E-state index < -0.39 is 0 Å². The van der Waals surface area contributed by atoms with Crippen LogP contribution in [0, 0.1) is 0 Å². The molecule has 0 bridgehead atoms. The van der Waals surface area contributed by atoms with E-state index in [4.69, 9.17) is 4.98 Å². The van der Waals surface area contributed by atoms with Crippen LogP contribution < -0.4 is 0 Å². The second kappa shape index (κ2) is 7.04. The van der Waals surface area contributed by atoms with Crippen LogP contribution in [0.2, 0.25) is 0 Å². The Morgan fingerprint density at radius 2 is 1.23 bits per heavy atom. The molecule has 1 nitrogen and oxygen atoms in total. The number of unbranched alkanes of at least 4 members (excludes halogenated alkanes) is 1. The molecule has 0 N–H and O–H groups in total. The van der Waals surface area contributed by atoms with Gasteiger partial charge in [0.2, 0.25) is 0 Å². The van der Waals surface area contributed by atoms with E-state index in [0.717, 1.165) is 17.8 Å². The molecule has 0 aliphatic carbocycles. The van der Waals surface area contributed by atoms with Gasteiger partial charge in [-0.25, -0.2) is 4.98 Å². The molecule has 2 aromatic carbocycles. The zero-order valence-corrected chi connectivity index (χ0v) is 13.0. The van der Waals surface area contributed by atoms with Gasteiger partial charge in [-0.15, -0.1) is 0 Å². The molecule has 0 spiro atoms. The van der Waals surface area contributed by atoms with E-state index in [0.29, 0.717) is 0 Å². The molecule has 3 aromatic rings. The third-order valence-corrected chi connectivity index (χ3v) is 3.84. The summed E-state index contributed by atoms with van der Waals surface area (Å²) in [5, 5.41) is 0. The predicted molar refractivity (Wildman–Crippen MR) is 93.7 cm³/mol. The number of aryl methyl sites for hydroxylation is 1. The molecule has 0 aliphatic heterocycles.